The number of rotatable bonds is 4. The summed E-state index contributed by atoms with van der Waals surface area (Å²) in [5, 5.41) is 22.4. The van der Waals surface area contributed by atoms with Gasteiger partial charge in [-0.25, -0.2) is 0 Å². The normalized spacial score (nSPS) is 29.6. The molecular weight excluding hydrogens is 258 g/mol. The first-order valence-electron chi connectivity index (χ1n) is 7.75. The van der Waals surface area contributed by atoms with Crippen molar-refractivity contribution in [1.29, 1.82) is 0 Å². The van der Waals surface area contributed by atoms with Gasteiger partial charge in [0.15, 0.2) is 0 Å². The molecule has 3 N–H and O–H groups in total. The maximum atomic E-state index is 12.1. The van der Waals surface area contributed by atoms with Crippen molar-refractivity contribution in [2.24, 2.45) is 11.8 Å². The zero-order chi connectivity index (χ0) is 14.6. The van der Waals surface area contributed by atoms with Crippen LogP contribution in [0.2, 0.25) is 0 Å². The van der Waals surface area contributed by atoms with Gasteiger partial charge in [-0.1, -0.05) is 32.1 Å². The van der Waals surface area contributed by atoms with Crippen LogP contribution >= 0.6 is 0 Å². The first-order chi connectivity index (χ1) is 9.52. The molecule has 0 aliphatic heterocycles. The molecule has 0 spiro atoms. The summed E-state index contributed by atoms with van der Waals surface area (Å²) in [6.45, 7) is 0.259. The zero-order valence-electron chi connectivity index (χ0n) is 11.9. The lowest BCUT2D eigenvalue weighted by atomic mass is 9.92. The Bertz CT molecular complexity index is 361. The van der Waals surface area contributed by atoms with E-state index in [2.05, 4.69) is 5.32 Å². The number of carbonyl (C=O) groups excluding carboxylic acids is 1. The number of carbonyl (C=O) groups is 2. The fourth-order valence-electron chi connectivity index (χ4n) is 3.52. The van der Waals surface area contributed by atoms with Gasteiger partial charge in [-0.2, -0.15) is 0 Å². The second kappa shape index (κ2) is 6.57. The van der Waals surface area contributed by atoms with E-state index in [1.807, 2.05) is 0 Å². The summed E-state index contributed by atoms with van der Waals surface area (Å²) in [4.78, 5) is 23.2. The van der Waals surface area contributed by atoms with Gasteiger partial charge in [0, 0.05) is 6.54 Å². The summed E-state index contributed by atoms with van der Waals surface area (Å²) >= 11 is 0. The first-order valence-corrected chi connectivity index (χ1v) is 7.75. The van der Waals surface area contributed by atoms with E-state index in [4.69, 9.17) is 5.11 Å². The lowest BCUT2D eigenvalue weighted by Crippen LogP contribution is -2.45. The smallest absolute Gasteiger partial charge is 0.307 e. The highest BCUT2D eigenvalue weighted by molar-refractivity contribution is 5.85. The van der Waals surface area contributed by atoms with Gasteiger partial charge in [0.1, 0.15) is 0 Å². The Hall–Kier alpha value is -1.10. The summed E-state index contributed by atoms with van der Waals surface area (Å²) in [7, 11) is 0. The number of amides is 1. The Morgan fingerprint density at radius 2 is 1.60 bits per heavy atom. The van der Waals surface area contributed by atoms with Crippen molar-refractivity contribution in [3.8, 4) is 0 Å². The van der Waals surface area contributed by atoms with E-state index in [9.17, 15) is 14.7 Å². The Kier molecular flexibility index (Phi) is 5.02. The summed E-state index contributed by atoms with van der Waals surface area (Å²) in [6, 6.07) is 0. The highest BCUT2D eigenvalue weighted by Crippen LogP contribution is 2.32. The number of hydrogen-bond donors (Lipinski definition) is 3. The molecule has 2 aliphatic carbocycles. The van der Waals surface area contributed by atoms with Crippen LogP contribution in [-0.4, -0.2) is 34.2 Å². The quantitative estimate of drug-likeness (QED) is 0.685. The van der Waals surface area contributed by atoms with E-state index in [1.165, 1.54) is 0 Å². The third kappa shape index (κ3) is 3.72. The molecule has 5 nitrogen and oxygen atoms in total. The van der Waals surface area contributed by atoms with E-state index < -0.39 is 23.4 Å². The van der Waals surface area contributed by atoms with Crippen molar-refractivity contribution in [3.05, 3.63) is 0 Å². The molecule has 0 saturated heterocycles. The molecule has 0 aromatic rings. The molecule has 0 bridgehead atoms. The molecule has 0 radical (unpaired) electrons. The third-order valence-corrected chi connectivity index (χ3v) is 4.80. The van der Waals surface area contributed by atoms with Crippen molar-refractivity contribution < 1.29 is 19.8 Å². The number of carboxylic acid groups (broad SMARTS) is 1. The standard InChI is InChI=1S/C15H25NO4/c17-13(11-6-5-7-12(11)14(18)19)16-10-15(20)8-3-1-2-4-9-15/h11-12,20H,1-10H2,(H,16,17)(H,18,19)/t11-,12+/m1/s1. The van der Waals surface area contributed by atoms with Crippen LogP contribution in [0.1, 0.15) is 57.8 Å². The van der Waals surface area contributed by atoms with Crippen LogP contribution in [0.4, 0.5) is 0 Å². The van der Waals surface area contributed by atoms with Gasteiger partial charge in [0.25, 0.3) is 0 Å². The maximum Gasteiger partial charge on any atom is 0.307 e. The van der Waals surface area contributed by atoms with Gasteiger partial charge in [-0.15, -0.1) is 0 Å². The van der Waals surface area contributed by atoms with E-state index in [-0.39, 0.29) is 12.5 Å². The molecule has 2 atom stereocenters. The highest BCUT2D eigenvalue weighted by atomic mass is 16.4. The molecular formula is C15H25NO4. The highest BCUT2D eigenvalue weighted by Gasteiger charge is 2.38. The molecule has 2 fully saturated rings. The SMILES string of the molecule is O=C(O)[C@H]1CCC[C@H]1C(=O)NCC1(O)CCCCCC1. The van der Waals surface area contributed by atoms with Crippen molar-refractivity contribution in [2.45, 2.75) is 63.4 Å². The summed E-state index contributed by atoms with van der Waals surface area (Å²) < 4.78 is 0. The average molecular weight is 283 g/mol. The number of hydrogen-bond acceptors (Lipinski definition) is 3. The van der Waals surface area contributed by atoms with E-state index in [0.717, 1.165) is 44.9 Å². The van der Waals surface area contributed by atoms with Crippen LogP contribution < -0.4 is 5.32 Å². The Morgan fingerprint density at radius 3 is 2.20 bits per heavy atom. The first kappa shape index (κ1) is 15.3. The largest absolute Gasteiger partial charge is 0.481 e. The van der Waals surface area contributed by atoms with Gasteiger partial charge in [-0.05, 0) is 25.7 Å². The van der Waals surface area contributed by atoms with Gasteiger partial charge in [0.05, 0.1) is 17.4 Å². The van der Waals surface area contributed by atoms with Gasteiger partial charge in [0.2, 0.25) is 5.91 Å². The van der Waals surface area contributed by atoms with E-state index >= 15 is 0 Å². The summed E-state index contributed by atoms with van der Waals surface area (Å²) in [5.41, 5.74) is -0.802. The minimum atomic E-state index is -0.879. The molecule has 1 amide bonds. The number of carboxylic acids is 1. The molecule has 20 heavy (non-hydrogen) atoms. The Morgan fingerprint density at radius 1 is 1.00 bits per heavy atom. The Balaban J connectivity index is 1.86. The second-order valence-corrected chi connectivity index (χ2v) is 6.34. The number of nitrogens with one attached hydrogen (secondary N) is 1. The maximum absolute atomic E-state index is 12.1. The zero-order valence-corrected chi connectivity index (χ0v) is 11.9. The van der Waals surface area contributed by atoms with Crippen LogP contribution in [-0.2, 0) is 9.59 Å². The second-order valence-electron chi connectivity index (χ2n) is 6.34. The van der Waals surface area contributed by atoms with Crippen molar-refractivity contribution in [2.75, 3.05) is 6.54 Å². The van der Waals surface area contributed by atoms with Crippen molar-refractivity contribution >= 4 is 11.9 Å². The van der Waals surface area contributed by atoms with Crippen LogP contribution in [0.5, 0.6) is 0 Å². The summed E-state index contributed by atoms with van der Waals surface area (Å²) in [5.74, 6) is -2.07. The number of aliphatic hydroxyl groups is 1. The predicted molar refractivity (Wildman–Crippen MR) is 74.1 cm³/mol. The summed E-state index contributed by atoms with van der Waals surface area (Å²) in [6.07, 6.45) is 7.72. The molecule has 2 saturated carbocycles. The molecule has 0 aromatic heterocycles. The monoisotopic (exact) mass is 283 g/mol. The molecule has 5 heteroatoms. The fourth-order valence-corrected chi connectivity index (χ4v) is 3.52. The van der Waals surface area contributed by atoms with Gasteiger partial charge < -0.3 is 15.5 Å². The lowest BCUT2D eigenvalue weighted by molar-refractivity contribution is -0.146. The van der Waals surface area contributed by atoms with Crippen LogP contribution in [0.25, 0.3) is 0 Å². The molecule has 2 aliphatic rings. The molecule has 0 aromatic carbocycles. The van der Waals surface area contributed by atoms with E-state index in [1.54, 1.807) is 0 Å². The average Bonchev–Trinajstić information content (AvgIpc) is 2.80. The van der Waals surface area contributed by atoms with Crippen LogP contribution in [0.15, 0.2) is 0 Å². The van der Waals surface area contributed by atoms with Crippen LogP contribution in [0.3, 0.4) is 0 Å². The van der Waals surface area contributed by atoms with E-state index in [0.29, 0.717) is 12.8 Å². The molecule has 114 valence electrons. The topological polar surface area (TPSA) is 86.6 Å². The minimum Gasteiger partial charge on any atom is -0.481 e. The molecule has 0 heterocycles. The van der Waals surface area contributed by atoms with Crippen molar-refractivity contribution in [1.82, 2.24) is 5.32 Å². The fraction of sp³-hybridized carbons (Fsp3) is 0.867. The van der Waals surface area contributed by atoms with Gasteiger partial charge in [-0.3, -0.25) is 9.59 Å². The van der Waals surface area contributed by atoms with Crippen LogP contribution in [0, 0.1) is 11.8 Å². The Labute approximate surface area is 119 Å². The predicted octanol–water partition coefficient (Wildman–Crippen LogP) is 1.69. The lowest BCUT2D eigenvalue weighted by Gasteiger charge is -2.28. The molecule has 2 rings (SSSR count). The number of aliphatic carboxylic acids is 1. The van der Waals surface area contributed by atoms with Gasteiger partial charge >= 0.3 is 5.97 Å². The molecule has 0 unspecified atom stereocenters. The minimum absolute atomic E-state index is 0.201. The van der Waals surface area contributed by atoms with Crippen molar-refractivity contribution in [3.63, 3.8) is 0 Å². The third-order valence-electron chi connectivity index (χ3n) is 4.80.